The maximum absolute atomic E-state index is 2.25. The Bertz CT molecular complexity index is 953. The molecule has 0 aliphatic heterocycles. The second-order valence-electron chi connectivity index (χ2n) is 5.82. The van der Waals surface area contributed by atoms with Gasteiger partial charge in [-0.15, -0.1) is 0 Å². The third kappa shape index (κ3) is 1.72. The standard InChI is InChI=1S/C19H18N2/c1-13-4-7-16(8-5-13)17-12-20-10-11-21-14(2)6-9-18(21)19(20)15(17)3/h4-12H,1-3H3. The second-order valence-corrected chi connectivity index (χ2v) is 5.82. The van der Waals surface area contributed by atoms with E-state index in [9.17, 15) is 0 Å². The smallest absolute Gasteiger partial charge is 0.0728 e. The van der Waals surface area contributed by atoms with Gasteiger partial charge in [-0.2, -0.15) is 0 Å². The van der Waals surface area contributed by atoms with Crippen LogP contribution >= 0.6 is 0 Å². The van der Waals surface area contributed by atoms with E-state index in [1.165, 1.54) is 39.0 Å². The lowest BCUT2D eigenvalue weighted by molar-refractivity contribution is 1.06. The zero-order valence-electron chi connectivity index (χ0n) is 12.6. The summed E-state index contributed by atoms with van der Waals surface area (Å²) < 4.78 is 4.49. The highest BCUT2D eigenvalue weighted by molar-refractivity contribution is 5.87. The van der Waals surface area contributed by atoms with E-state index in [2.05, 4.69) is 84.6 Å². The summed E-state index contributed by atoms with van der Waals surface area (Å²) in [6, 6.07) is 13.1. The highest BCUT2D eigenvalue weighted by Gasteiger charge is 2.12. The van der Waals surface area contributed by atoms with E-state index in [-0.39, 0.29) is 0 Å². The van der Waals surface area contributed by atoms with Gasteiger partial charge in [-0.3, -0.25) is 0 Å². The minimum Gasteiger partial charge on any atom is -0.320 e. The Hall–Kier alpha value is -2.48. The number of nitrogens with zero attached hydrogens (tertiary/aromatic N) is 2. The van der Waals surface area contributed by atoms with Crippen molar-refractivity contribution in [2.45, 2.75) is 20.8 Å². The number of rotatable bonds is 1. The van der Waals surface area contributed by atoms with Gasteiger partial charge in [0.15, 0.2) is 0 Å². The van der Waals surface area contributed by atoms with E-state index >= 15 is 0 Å². The maximum Gasteiger partial charge on any atom is 0.0728 e. The van der Waals surface area contributed by atoms with Gasteiger partial charge in [0.1, 0.15) is 0 Å². The largest absolute Gasteiger partial charge is 0.320 e. The fourth-order valence-corrected chi connectivity index (χ4v) is 3.17. The number of fused-ring (bicyclic) bond motifs is 3. The molecule has 0 unspecified atom stereocenters. The fourth-order valence-electron chi connectivity index (χ4n) is 3.17. The van der Waals surface area contributed by atoms with Crippen molar-refractivity contribution in [3.63, 3.8) is 0 Å². The third-order valence-electron chi connectivity index (χ3n) is 4.39. The minimum absolute atomic E-state index is 1.27. The molecule has 0 fully saturated rings. The van der Waals surface area contributed by atoms with Gasteiger partial charge in [-0.25, -0.2) is 0 Å². The van der Waals surface area contributed by atoms with Crippen LogP contribution in [0.2, 0.25) is 0 Å². The second kappa shape index (κ2) is 4.26. The molecule has 0 aliphatic rings. The molecule has 0 N–H and O–H groups in total. The quantitative estimate of drug-likeness (QED) is 0.472. The molecular weight excluding hydrogens is 256 g/mol. The molecule has 1 aromatic carbocycles. The van der Waals surface area contributed by atoms with Crippen LogP contribution in [-0.4, -0.2) is 8.80 Å². The van der Waals surface area contributed by atoms with Gasteiger partial charge in [-0.05, 0) is 44.0 Å². The molecule has 3 aromatic heterocycles. The van der Waals surface area contributed by atoms with Crippen molar-refractivity contribution in [1.82, 2.24) is 8.80 Å². The van der Waals surface area contributed by atoms with Crippen molar-refractivity contribution in [3.8, 4) is 11.1 Å². The van der Waals surface area contributed by atoms with Gasteiger partial charge in [-0.1, -0.05) is 29.8 Å². The monoisotopic (exact) mass is 274 g/mol. The molecule has 0 atom stereocenters. The zero-order valence-corrected chi connectivity index (χ0v) is 12.6. The van der Waals surface area contributed by atoms with Crippen LogP contribution in [0, 0.1) is 20.8 Å². The average molecular weight is 274 g/mol. The van der Waals surface area contributed by atoms with Crippen LogP contribution in [-0.2, 0) is 0 Å². The van der Waals surface area contributed by atoms with Gasteiger partial charge >= 0.3 is 0 Å². The average Bonchev–Trinajstić information content (AvgIpc) is 3.01. The summed E-state index contributed by atoms with van der Waals surface area (Å²) in [6.07, 6.45) is 6.51. The zero-order chi connectivity index (χ0) is 14.6. The molecule has 0 aliphatic carbocycles. The first-order valence-electron chi connectivity index (χ1n) is 7.30. The van der Waals surface area contributed by atoms with Crippen LogP contribution in [0.5, 0.6) is 0 Å². The molecule has 0 bridgehead atoms. The van der Waals surface area contributed by atoms with Crippen LogP contribution in [0.15, 0.2) is 55.0 Å². The van der Waals surface area contributed by atoms with Crippen molar-refractivity contribution in [2.24, 2.45) is 0 Å². The lowest BCUT2D eigenvalue weighted by atomic mass is 10.0. The Kier molecular flexibility index (Phi) is 2.49. The molecule has 0 radical (unpaired) electrons. The van der Waals surface area contributed by atoms with Crippen molar-refractivity contribution in [1.29, 1.82) is 0 Å². The van der Waals surface area contributed by atoms with Gasteiger partial charge in [0.2, 0.25) is 0 Å². The van der Waals surface area contributed by atoms with Crippen molar-refractivity contribution in [2.75, 3.05) is 0 Å². The van der Waals surface area contributed by atoms with E-state index in [1.54, 1.807) is 0 Å². The van der Waals surface area contributed by atoms with E-state index in [0.29, 0.717) is 0 Å². The molecule has 0 saturated carbocycles. The van der Waals surface area contributed by atoms with Crippen LogP contribution in [0.25, 0.3) is 22.2 Å². The molecule has 0 spiro atoms. The number of aromatic nitrogens is 2. The summed E-state index contributed by atoms with van der Waals surface area (Å²) in [5.74, 6) is 0. The topological polar surface area (TPSA) is 8.82 Å². The van der Waals surface area contributed by atoms with Gasteiger partial charge < -0.3 is 8.80 Å². The summed E-state index contributed by atoms with van der Waals surface area (Å²) in [5.41, 5.74) is 9.05. The molecular formula is C19H18N2. The Morgan fingerprint density at radius 1 is 0.810 bits per heavy atom. The summed E-state index contributed by atoms with van der Waals surface area (Å²) in [6.45, 7) is 6.48. The first-order valence-corrected chi connectivity index (χ1v) is 7.30. The van der Waals surface area contributed by atoms with Crippen molar-refractivity contribution < 1.29 is 0 Å². The van der Waals surface area contributed by atoms with Crippen LogP contribution in [0.1, 0.15) is 16.8 Å². The van der Waals surface area contributed by atoms with E-state index in [4.69, 9.17) is 0 Å². The number of hydrogen-bond acceptors (Lipinski definition) is 0. The van der Waals surface area contributed by atoms with Crippen LogP contribution < -0.4 is 0 Å². The first kappa shape index (κ1) is 12.3. The lowest BCUT2D eigenvalue weighted by Gasteiger charge is -2.03. The van der Waals surface area contributed by atoms with Gasteiger partial charge in [0, 0.05) is 29.8 Å². The summed E-state index contributed by atoms with van der Waals surface area (Å²) >= 11 is 0. The highest BCUT2D eigenvalue weighted by Crippen LogP contribution is 2.31. The molecule has 2 nitrogen and oxygen atoms in total. The molecule has 0 saturated heterocycles. The Balaban J connectivity index is 2.05. The summed E-state index contributed by atoms with van der Waals surface area (Å²) in [5, 5.41) is 0. The Labute approximate surface area is 124 Å². The van der Waals surface area contributed by atoms with E-state index in [0.717, 1.165) is 0 Å². The molecule has 104 valence electrons. The summed E-state index contributed by atoms with van der Waals surface area (Å²) in [4.78, 5) is 0. The lowest BCUT2D eigenvalue weighted by Crippen LogP contribution is -1.91. The van der Waals surface area contributed by atoms with E-state index < -0.39 is 0 Å². The highest BCUT2D eigenvalue weighted by atomic mass is 15.0. The Morgan fingerprint density at radius 3 is 2.33 bits per heavy atom. The molecule has 4 rings (SSSR count). The predicted molar refractivity (Wildman–Crippen MR) is 88.0 cm³/mol. The third-order valence-corrected chi connectivity index (χ3v) is 4.39. The molecule has 0 amide bonds. The first-order chi connectivity index (χ1) is 10.1. The summed E-state index contributed by atoms with van der Waals surface area (Å²) in [7, 11) is 0. The molecule has 3 heterocycles. The normalized spacial score (nSPS) is 11.6. The maximum atomic E-state index is 2.25. The van der Waals surface area contributed by atoms with Crippen LogP contribution in [0.4, 0.5) is 0 Å². The number of aryl methyl sites for hydroxylation is 3. The Morgan fingerprint density at radius 2 is 1.57 bits per heavy atom. The van der Waals surface area contributed by atoms with Gasteiger partial charge in [0.05, 0.1) is 11.0 Å². The molecule has 21 heavy (non-hydrogen) atoms. The number of hydrogen-bond donors (Lipinski definition) is 0. The predicted octanol–water partition coefficient (Wildman–Crippen LogP) is 4.78. The SMILES string of the molecule is Cc1ccc(-c2cn3ccn4c(C)ccc4c3c2C)cc1. The van der Waals surface area contributed by atoms with E-state index in [1.807, 2.05) is 0 Å². The molecule has 2 heteroatoms. The minimum atomic E-state index is 1.27. The fraction of sp³-hybridized carbons (Fsp3) is 0.158. The molecule has 4 aromatic rings. The number of benzene rings is 1. The van der Waals surface area contributed by atoms with Gasteiger partial charge in [0.25, 0.3) is 0 Å². The van der Waals surface area contributed by atoms with Crippen molar-refractivity contribution >= 4 is 11.0 Å². The van der Waals surface area contributed by atoms with Crippen molar-refractivity contribution in [3.05, 3.63) is 71.8 Å². The van der Waals surface area contributed by atoms with Crippen LogP contribution in [0.3, 0.4) is 0 Å².